The van der Waals surface area contributed by atoms with Gasteiger partial charge in [0.2, 0.25) is 0 Å². The van der Waals surface area contributed by atoms with E-state index in [-0.39, 0.29) is 5.75 Å². The number of hydrogen-bond acceptors (Lipinski definition) is 7. The zero-order chi connectivity index (χ0) is 19.1. The van der Waals surface area contributed by atoms with Crippen LogP contribution in [0.15, 0.2) is 42.7 Å². The predicted octanol–water partition coefficient (Wildman–Crippen LogP) is 2.15. The van der Waals surface area contributed by atoms with Crippen LogP contribution in [0.25, 0.3) is 16.9 Å². The van der Waals surface area contributed by atoms with Crippen molar-refractivity contribution in [3.05, 3.63) is 42.7 Å². The highest BCUT2D eigenvalue weighted by Gasteiger charge is 2.35. The minimum absolute atomic E-state index is 0.137. The van der Waals surface area contributed by atoms with Crippen molar-refractivity contribution in [2.24, 2.45) is 0 Å². The second-order valence-corrected chi connectivity index (χ2v) is 7.70. The topological polar surface area (TPSA) is 92.0 Å². The first kappa shape index (κ1) is 17.1. The Bertz CT molecular complexity index is 945. The number of benzene rings is 1. The van der Waals surface area contributed by atoms with E-state index in [4.69, 9.17) is 0 Å². The molecule has 8 heteroatoms. The minimum Gasteiger partial charge on any atom is -0.507 e. The van der Waals surface area contributed by atoms with Crippen LogP contribution in [0.4, 0.5) is 5.82 Å². The summed E-state index contributed by atoms with van der Waals surface area (Å²) < 4.78 is 1.60. The number of aromatic nitrogens is 5. The zero-order valence-corrected chi connectivity index (χ0v) is 15.7. The first-order valence-corrected chi connectivity index (χ1v) is 9.70. The summed E-state index contributed by atoms with van der Waals surface area (Å²) >= 11 is 0. The van der Waals surface area contributed by atoms with Gasteiger partial charge in [-0.05, 0) is 49.9 Å². The molecule has 0 unspecified atom stereocenters. The van der Waals surface area contributed by atoms with Gasteiger partial charge in [-0.1, -0.05) is 5.21 Å². The van der Waals surface area contributed by atoms with Crippen LogP contribution in [0, 0.1) is 0 Å². The largest absolute Gasteiger partial charge is 0.507 e. The number of anilines is 1. The van der Waals surface area contributed by atoms with E-state index in [0.717, 1.165) is 24.3 Å². The molecule has 28 heavy (non-hydrogen) atoms. The summed E-state index contributed by atoms with van der Waals surface area (Å²) in [5.41, 5.74) is 2.03. The van der Waals surface area contributed by atoms with E-state index in [1.165, 1.54) is 12.8 Å². The average Bonchev–Trinajstić information content (AvgIpc) is 3.37. The molecule has 0 aliphatic carbocycles. The highest BCUT2D eigenvalue weighted by atomic mass is 16.3. The lowest BCUT2D eigenvalue weighted by Gasteiger charge is -2.36. The van der Waals surface area contributed by atoms with Crippen molar-refractivity contribution in [3.8, 4) is 22.7 Å². The van der Waals surface area contributed by atoms with Crippen molar-refractivity contribution in [3.63, 3.8) is 0 Å². The number of fused-ring (bicyclic) bond motifs is 2. The minimum atomic E-state index is 0.137. The van der Waals surface area contributed by atoms with Gasteiger partial charge in [0.1, 0.15) is 5.75 Å². The zero-order valence-electron chi connectivity index (χ0n) is 15.7. The Kier molecular flexibility index (Phi) is 4.20. The van der Waals surface area contributed by atoms with E-state index >= 15 is 0 Å². The molecule has 3 atom stereocenters. The number of nitrogens with one attached hydrogen (secondary N) is 1. The summed E-state index contributed by atoms with van der Waals surface area (Å²) in [7, 11) is 2.10. The molecule has 3 aromatic rings. The Hall–Kier alpha value is -3.00. The highest BCUT2D eigenvalue weighted by Crippen LogP contribution is 2.32. The van der Waals surface area contributed by atoms with Gasteiger partial charge in [0.05, 0.1) is 23.8 Å². The maximum absolute atomic E-state index is 10.4. The molecular weight excluding hydrogens is 354 g/mol. The number of rotatable bonds is 4. The van der Waals surface area contributed by atoms with Gasteiger partial charge < -0.3 is 15.3 Å². The molecule has 4 heterocycles. The number of phenols is 1. The maximum Gasteiger partial charge on any atom is 0.151 e. The lowest BCUT2D eigenvalue weighted by atomic mass is 9.98. The molecular formula is C20H23N7O. The van der Waals surface area contributed by atoms with Crippen LogP contribution in [-0.2, 0) is 0 Å². The van der Waals surface area contributed by atoms with Crippen molar-refractivity contribution < 1.29 is 5.11 Å². The van der Waals surface area contributed by atoms with Crippen LogP contribution in [0.3, 0.4) is 0 Å². The molecule has 1 aromatic carbocycles. The molecule has 0 saturated carbocycles. The van der Waals surface area contributed by atoms with E-state index in [9.17, 15) is 5.11 Å². The van der Waals surface area contributed by atoms with Gasteiger partial charge in [0.25, 0.3) is 0 Å². The lowest BCUT2D eigenvalue weighted by molar-refractivity contribution is 0.353. The molecule has 144 valence electrons. The average molecular weight is 377 g/mol. The molecule has 5 rings (SSSR count). The summed E-state index contributed by atoms with van der Waals surface area (Å²) in [6, 6.07) is 11.0. The van der Waals surface area contributed by atoms with Crippen molar-refractivity contribution in [2.75, 3.05) is 11.9 Å². The highest BCUT2D eigenvalue weighted by molar-refractivity contribution is 5.68. The molecule has 0 radical (unpaired) electrons. The summed E-state index contributed by atoms with van der Waals surface area (Å²) in [6.07, 6.45) is 8.19. The van der Waals surface area contributed by atoms with Crippen molar-refractivity contribution in [1.29, 1.82) is 0 Å². The summed E-state index contributed by atoms with van der Waals surface area (Å²) in [6.45, 7) is 0. The van der Waals surface area contributed by atoms with E-state index in [1.807, 2.05) is 24.3 Å². The number of hydrogen-bond donors (Lipinski definition) is 2. The Morgan fingerprint density at radius 2 is 1.93 bits per heavy atom. The van der Waals surface area contributed by atoms with Crippen molar-refractivity contribution in [1.82, 2.24) is 30.5 Å². The van der Waals surface area contributed by atoms with Crippen LogP contribution < -0.4 is 10.2 Å². The quantitative estimate of drug-likeness (QED) is 0.720. The van der Waals surface area contributed by atoms with E-state index in [2.05, 4.69) is 37.8 Å². The van der Waals surface area contributed by atoms with Gasteiger partial charge in [0.15, 0.2) is 5.82 Å². The normalized spacial score (nSPS) is 23.7. The smallest absolute Gasteiger partial charge is 0.151 e. The molecule has 0 amide bonds. The van der Waals surface area contributed by atoms with E-state index in [0.29, 0.717) is 29.4 Å². The van der Waals surface area contributed by atoms with Crippen LogP contribution in [0.5, 0.6) is 5.75 Å². The Morgan fingerprint density at radius 3 is 2.57 bits per heavy atom. The fourth-order valence-electron chi connectivity index (χ4n) is 4.41. The third-order valence-corrected chi connectivity index (χ3v) is 5.95. The summed E-state index contributed by atoms with van der Waals surface area (Å²) in [5.74, 6) is 1.01. The maximum atomic E-state index is 10.4. The predicted molar refractivity (Wildman–Crippen MR) is 105 cm³/mol. The van der Waals surface area contributed by atoms with Gasteiger partial charge in [-0.2, -0.15) is 0 Å². The van der Waals surface area contributed by atoms with Gasteiger partial charge in [0, 0.05) is 36.8 Å². The van der Waals surface area contributed by atoms with Gasteiger partial charge in [-0.15, -0.1) is 15.3 Å². The molecule has 8 nitrogen and oxygen atoms in total. The van der Waals surface area contributed by atoms with E-state index < -0.39 is 0 Å². The Labute approximate surface area is 163 Å². The Morgan fingerprint density at radius 1 is 1.11 bits per heavy atom. The number of phenolic OH excluding ortho intramolecular Hbond substituents is 1. The fourth-order valence-corrected chi connectivity index (χ4v) is 4.41. The molecule has 2 aliphatic rings. The summed E-state index contributed by atoms with van der Waals surface area (Å²) in [5, 5.41) is 30.6. The van der Waals surface area contributed by atoms with Crippen LogP contribution in [-0.4, -0.2) is 55.5 Å². The Balaban J connectivity index is 1.35. The molecule has 2 aromatic heterocycles. The summed E-state index contributed by atoms with van der Waals surface area (Å²) in [4.78, 5) is 2.25. The third-order valence-electron chi connectivity index (χ3n) is 5.95. The standard InChI is InChI=1S/C20H23N7O/c1-26(16-10-13-2-3-14(11-16)22-13)20-7-6-18(23-24-20)17-5-4-15(12-19(17)28)27-9-8-21-25-27/h4-9,12-14,16,22,28H,2-3,10-11H2,1H3/t13-,14+,16-. The first-order chi connectivity index (χ1) is 13.7. The van der Waals surface area contributed by atoms with Crippen LogP contribution >= 0.6 is 0 Å². The molecule has 0 spiro atoms. The van der Waals surface area contributed by atoms with Gasteiger partial charge in [-0.25, -0.2) is 4.68 Å². The SMILES string of the molecule is CN(c1ccc(-c2ccc(-n3ccnn3)cc2O)nn1)[C@@H]1C[C@H]2CC[C@@H](C1)N2. The van der Waals surface area contributed by atoms with Crippen LogP contribution in [0.1, 0.15) is 25.7 Å². The number of nitrogens with zero attached hydrogens (tertiary/aromatic N) is 6. The van der Waals surface area contributed by atoms with Crippen LogP contribution in [0.2, 0.25) is 0 Å². The van der Waals surface area contributed by atoms with Gasteiger partial charge in [-0.3, -0.25) is 0 Å². The van der Waals surface area contributed by atoms with Crippen molar-refractivity contribution in [2.45, 2.75) is 43.8 Å². The van der Waals surface area contributed by atoms with E-state index in [1.54, 1.807) is 23.1 Å². The first-order valence-electron chi connectivity index (χ1n) is 9.70. The fraction of sp³-hybridized carbons (Fsp3) is 0.400. The molecule has 2 fully saturated rings. The number of piperidine rings is 1. The second kappa shape index (κ2) is 6.87. The monoisotopic (exact) mass is 377 g/mol. The van der Waals surface area contributed by atoms with Gasteiger partial charge >= 0.3 is 0 Å². The molecule has 2 aliphatic heterocycles. The number of aromatic hydroxyl groups is 1. The molecule has 2 N–H and O–H groups in total. The van der Waals surface area contributed by atoms with Crippen molar-refractivity contribution >= 4 is 5.82 Å². The second-order valence-electron chi connectivity index (χ2n) is 7.70. The molecule has 2 bridgehead atoms. The third kappa shape index (κ3) is 3.09. The lowest BCUT2D eigenvalue weighted by Crippen LogP contribution is -2.47. The molecule has 2 saturated heterocycles.